The van der Waals surface area contributed by atoms with Crippen molar-refractivity contribution >= 4 is 5.91 Å². The molecule has 0 radical (unpaired) electrons. The molecule has 0 bridgehead atoms. The average Bonchev–Trinajstić information content (AvgIpc) is 3.16. The van der Waals surface area contributed by atoms with Crippen molar-refractivity contribution in [2.75, 3.05) is 6.61 Å². The van der Waals surface area contributed by atoms with Crippen molar-refractivity contribution in [1.82, 2.24) is 5.32 Å². The van der Waals surface area contributed by atoms with E-state index in [0.717, 1.165) is 50.2 Å². The normalized spacial score (nSPS) is 26.7. The number of rotatable bonds is 6. The van der Waals surface area contributed by atoms with Crippen LogP contribution in [0.2, 0.25) is 0 Å². The van der Waals surface area contributed by atoms with Crippen molar-refractivity contribution in [1.29, 1.82) is 0 Å². The number of allylic oxidation sites excluding steroid dienone is 1. The van der Waals surface area contributed by atoms with Crippen LogP contribution < -0.4 is 10.1 Å². The molecule has 3 rings (SSSR count). The minimum absolute atomic E-state index is 0.0228. The Bertz CT molecular complexity index is 590. The largest absolute Gasteiger partial charge is 0.493 e. The first-order chi connectivity index (χ1) is 13.5. The van der Waals surface area contributed by atoms with Gasteiger partial charge in [0.05, 0.1) is 12.7 Å². The molecule has 156 valence electrons. The average molecular weight is 388 g/mol. The predicted octanol–water partition coefficient (Wildman–Crippen LogP) is 5.12. The lowest BCUT2D eigenvalue weighted by molar-refractivity contribution is 0.0917. The van der Waals surface area contributed by atoms with Crippen molar-refractivity contribution in [3.8, 4) is 5.75 Å². The number of benzene rings is 1. The van der Waals surface area contributed by atoms with Gasteiger partial charge in [0.15, 0.2) is 0 Å². The predicted molar refractivity (Wildman–Crippen MR) is 115 cm³/mol. The number of carbonyl (C=O) groups is 1. The third kappa shape index (κ3) is 7.31. The Labute approximate surface area is 170 Å². The first-order valence-electron chi connectivity index (χ1n) is 10.8. The van der Waals surface area contributed by atoms with Crippen molar-refractivity contribution in [2.45, 2.75) is 77.4 Å². The summed E-state index contributed by atoms with van der Waals surface area (Å²) in [5.41, 5.74) is 0.702. The third-order valence-corrected chi connectivity index (χ3v) is 5.87. The van der Waals surface area contributed by atoms with Gasteiger partial charge in [-0.3, -0.25) is 4.79 Å². The van der Waals surface area contributed by atoms with Crippen LogP contribution in [-0.2, 0) is 0 Å². The summed E-state index contributed by atoms with van der Waals surface area (Å²) in [4.78, 5) is 12.4. The lowest BCUT2D eigenvalue weighted by atomic mass is 9.88. The SMILES string of the molecule is C=CC.CCC1CCC(NC(=O)c2ccc(OCC3CCC(O)CC3)cc2)C1. The molecular weight excluding hydrogens is 350 g/mol. The molecule has 1 aromatic rings. The number of hydrogen-bond acceptors (Lipinski definition) is 3. The molecule has 1 aromatic carbocycles. The smallest absolute Gasteiger partial charge is 0.251 e. The number of amides is 1. The number of aliphatic hydroxyl groups is 1. The lowest BCUT2D eigenvalue weighted by Gasteiger charge is -2.25. The van der Waals surface area contributed by atoms with Gasteiger partial charge >= 0.3 is 0 Å². The van der Waals surface area contributed by atoms with Gasteiger partial charge in [0.1, 0.15) is 5.75 Å². The van der Waals surface area contributed by atoms with E-state index in [0.29, 0.717) is 24.1 Å². The van der Waals surface area contributed by atoms with Gasteiger partial charge in [0.2, 0.25) is 0 Å². The topological polar surface area (TPSA) is 58.6 Å². The van der Waals surface area contributed by atoms with Crippen LogP contribution in [0, 0.1) is 11.8 Å². The van der Waals surface area contributed by atoms with Gasteiger partial charge in [-0.05, 0) is 88.0 Å². The quantitative estimate of drug-likeness (QED) is 0.666. The molecule has 2 unspecified atom stereocenters. The van der Waals surface area contributed by atoms with E-state index in [1.807, 2.05) is 31.2 Å². The second-order valence-electron chi connectivity index (χ2n) is 8.18. The Morgan fingerprint density at radius 1 is 1.14 bits per heavy atom. The van der Waals surface area contributed by atoms with Gasteiger partial charge in [-0.15, -0.1) is 6.58 Å². The third-order valence-electron chi connectivity index (χ3n) is 5.87. The summed E-state index contributed by atoms with van der Waals surface area (Å²) in [5, 5.41) is 12.7. The molecule has 0 saturated heterocycles. The Hall–Kier alpha value is -1.81. The van der Waals surface area contributed by atoms with Gasteiger partial charge < -0.3 is 15.2 Å². The van der Waals surface area contributed by atoms with Crippen LogP contribution in [-0.4, -0.2) is 29.8 Å². The van der Waals surface area contributed by atoms with Crippen LogP contribution in [0.25, 0.3) is 0 Å². The van der Waals surface area contributed by atoms with Crippen LogP contribution in [0.5, 0.6) is 5.75 Å². The number of ether oxygens (including phenoxy) is 1. The summed E-state index contributed by atoms with van der Waals surface area (Å²) < 4.78 is 5.86. The Morgan fingerprint density at radius 2 is 1.75 bits per heavy atom. The summed E-state index contributed by atoms with van der Waals surface area (Å²) in [5.74, 6) is 2.13. The Morgan fingerprint density at radius 3 is 2.32 bits per heavy atom. The first kappa shape index (κ1) is 22.5. The maximum absolute atomic E-state index is 12.4. The number of aliphatic hydroxyl groups excluding tert-OH is 1. The Kier molecular flexibility index (Phi) is 9.56. The lowest BCUT2D eigenvalue weighted by Crippen LogP contribution is -2.32. The molecular formula is C24H37NO3. The molecule has 2 aliphatic carbocycles. The van der Waals surface area contributed by atoms with Gasteiger partial charge in [-0.2, -0.15) is 0 Å². The molecule has 2 aliphatic rings. The van der Waals surface area contributed by atoms with Gasteiger partial charge in [0, 0.05) is 11.6 Å². The first-order valence-corrected chi connectivity index (χ1v) is 10.8. The number of nitrogens with one attached hydrogen (secondary N) is 1. The molecule has 4 heteroatoms. The van der Waals surface area contributed by atoms with E-state index in [1.54, 1.807) is 6.08 Å². The highest BCUT2D eigenvalue weighted by atomic mass is 16.5. The van der Waals surface area contributed by atoms with Crippen molar-refractivity contribution in [3.05, 3.63) is 42.5 Å². The van der Waals surface area contributed by atoms with E-state index in [2.05, 4.69) is 18.8 Å². The molecule has 2 saturated carbocycles. The van der Waals surface area contributed by atoms with E-state index in [4.69, 9.17) is 4.74 Å². The molecule has 0 heterocycles. The van der Waals surface area contributed by atoms with Gasteiger partial charge in [-0.1, -0.05) is 19.4 Å². The van der Waals surface area contributed by atoms with Crippen molar-refractivity contribution in [2.24, 2.45) is 11.8 Å². The van der Waals surface area contributed by atoms with E-state index in [9.17, 15) is 9.90 Å². The van der Waals surface area contributed by atoms with E-state index < -0.39 is 0 Å². The molecule has 2 atom stereocenters. The maximum atomic E-state index is 12.4. The molecule has 0 aliphatic heterocycles. The zero-order valence-electron chi connectivity index (χ0n) is 17.5. The van der Waals surface area contributed by atoms with Crippen LogP contribution in [0.1, 0.15) is 75.6 Å². The molecule has 0 spiro atoms. The van der Waals surface area contributed by atoms with E-state index in [-0.39, 0.29) is 12.0 Å². The zero-order chi connectivity index (χ0) is 20.4. The van der Waals surface area contributed by atoms with Crippen LogP contribution in [0.3, 0.4) is 0 Å². The highest BCUT2D eigenvalue weighted by Crippen LogP contribution is 2.28. The maximum Gasteiger partial charge on any atom is 0.251 e. The highest BCUT2D eigenvalue weighted by Gasteiger charge is 2.25. The summed E-state index contributed by atoms with van der Waals surface area (Å²) in [7, 11) is 0. The second-order valence-corrected chi connectivity index (χ2v) is 8.18. The van der Waals surface area contributed by atoms with Crippen LogP contribution in [0.4, 0.5) is 0 Å². The second kappa shape index (κ2) is 11.9. The summed E-state index contributed by atoms with van der Waals surface area (Å²) in [6.07, 6.45) is 10.1. The minimum Gasteiger partial charge on any atom is -0.493 e. The Balaban J connectivity index is 0.000000878. The highest BCUT2D eigenvalue weighted by molar-refractivity contribution is 5.94. The molecule has 2 N–H and O–H groups in total. The monoisotopic (exact) mass is 387 g/mol. The van der Waals surface area contributed by atoms with E-state index in [1.165, 1.54) is 12.8 Å². The molecule has 2 fully saturated rings. The fraction of sp³-hybridized carbons (Fsp3) is 0.625. The zero-order valence-corrected chi connectivity index (χ0v) is 17.5. The fourth-order valence-electron chi connectivity index (χ4n) is 4.07. The van der Waals surface area contributed by atoms with Crippen LogP contribution in [0.15, 0.2) is 36.9 Å². The standard InChI is InChI=1S/C21H31NO3.C3H6/c1-2-15-3-8-18(13-15)22-21(24)17-6-11-20(12-7-17)25-14-16-4-9-19(23)10-5-16;1-3-2/h6-7,11-12,15-16,18-19,23H,2-5,8-10,13-14H2,1H3,(H,22,24);3H,1H2,2H3. The number of carbonyl (C=O) groups excluding carboxylic acids is 1. The number of hydrogen-bond donors (Lipinski definition) is 2. The van der Waals surface area contributed by atoms with Crippen LogP contribution >= 0.6 is 0 Å². The summed E-state index contributed by atoms with van der Waals surface area (Å²) in [6, 6.07) is 7.80. The molecule has 28 heavy (non-hydrogen) atoms. The van der Waals surface area contributed by atoms with Crippen molar-refractivity contribution in [3.63, 3.8) is 0 Å². The fourth-order valence-corrected chi connectivity index (χ4v) is 4.07. The summed E-state index contributed by atoms with van der Waals surface area (Å²) in [6.45, 7) is 8.17. The minimum atomic E-state index is -0.124. The van der Waals surface area contributed by atoms with Gasteiger partial charge in [-0.25, -0.2) is 0 Å². The molecule has 1 amide bonds. The van der Waals surface area contributed by atoms with E-state index >= 15 is 0 Å². The molecule has 4 nitrogen and oxygen atoms in total. The molecule has 0 aromatic heterocycles. The summed E-state index contributed by atoms with van der Waals surface area (Å²) >= 11 is 0. The van der Waals surface area contributed by atoms with Gasteiger partial charge in [0.25, 0.3) is 5.91 Å². The van der Waals surface area contributed by atoms with Crippen molar-refractivity contribution < 1.29 is 14.6 Å².